The second-order valence-corrected chi connectivity index (χ2v) is 2.89. The zero-order valence-corrected chi connectivity index (χ0v) is 7.84. The predicted molar refractivity (Wildman–Crippen MR) is 50.7 cm³/mol. The van der Waals surface area contributed by atoms with Crippen molar-refractivity contribution in [3.8, 4) is 0 Å². The van der Waals surface area contributed by atoms with Crippen LogP contribution in [0, 0.1) is 0 Å². The van der Waals surface area contributed by atoms with Crippen LogP contribution in [0.15, 0.2) is 12.2 Å². The second-order valence-electron chi connectivity index (χ2n) is 2.89. The molecule has 3 N–H and O–H groups in total. The van der Waals surface area contributed by atoms with Gasteiger partial charge in [-0.1, -0.05) is 12.2 Å². The zero-order valence-electron chi connectivity index (χ0n) is 7.84. The molecule has 0 aromatic rings. The molecule has 0 aromatic carbocycles. The van der Waals surface area contributed by atoms with E-state index in [0.717, 1.165) is 6.42 Å². The quantitative estimate of drug-likeness (QED) is 0.474. The minimum atomic E-state index is -0.0493. The molecule has 0 aliphatic carbocycles. The summed E-state index contributed by atoms with van der Waals surface area (Å²) in [6.45, 7) is 4.49. The van der Waals surface area contributed by atoms with Crippen LogP contribution in [0.3, 0.4) is 0 Å². The molecule has 12 heavy (non-hydrogen) atoms. The molecule has 1 unspecified atom stereocenters. The zero-order chi connectivity index (χ0) is 9.40. The number of hydrogen-bond donors (Lipinski definition) is 2. The molecule has 0 aromatic heterocycles. The summed E-state index contributed by atoms with van der Waals surface area (Å²) >= 11 is 0. The van der Waals surface area contributed by atoms with Crippen molar-refractivity contribution in [1.29, 1.82) is 0 Å². The van der Waals surface area contributed by atoms with Gasteiger partial charge < -0.3 is 11.1 Å². The number of nitrogens with two attached hydrogens (primary N) is 1. The lowest BCUT2D eigenvalue weighted by atomic mass is 10.2. The van der Waals surface area contributed by atoms with E-state index < -0.39 is 0 Å². The third-order valence-corrected chi connectivity index (χ3v) is 1.38. The fourth-order valence-electron chi connectivity index (χ4n) is 0.826. The Balaban J connectivity index is 3.32. The molecule has 0 spiro atoms. The lowest BCUT2D eigenvalue weighted by Gasteiger charge is -2.05. The topological polar surface area (TPSA) is 55.1 Å². The lowest BCUT2D eigenvalue weighted by Crippen LogP contribution is -2.30. The highest BCUT2D eigenvalue weighted by Crippen LogP contribution is 1.86. The van der Waals surface area contributed by atoms with Crippen LogP contribution in [0.4, 0.5) is 0 Å². The Labute approximate surface area is 74.0 Å². The van der Waals surface area contributed by atoms with Gasteiger partial charge in [-0.2, -0.15) is 0 Å². The highest BCUT2D eigenvalue weighted by atomic mass is 16.1. The molecule has 0 fully saturated rings. The van der Waals surface area contributed by atoms with Crippen LogP contribution < -0.4 is 11.1 Å². The molecule has 0 rings (SSSR count). The number of hydrogen-bond acceptors (Lipinski definition) is 2. The summed E-state index contributed by atoms with van der Waals surface area (Å²) in [5.41, 5.74) is 5.45. The largest absolute Gasteiger partial charge is 0.356 e. The molecule has 0 aliphatic rings. The Morgan fingerprint density at radius 3 is 2.83 bits per heavy atom. The van der Waals surface area contributed by atoms with E-state index in [1.54, 1.807) is 0 Å². The average molecular weight is 170 g/mol. The summed E-state index contributed by atoms with van der Waals surface area (Å²) < 4.78 is 0. The summed E-state index contributed by atoms with van der Waals surface area (Å²) in [6, 6.07) is -0.0493. The highest BCUT2D eigenvalue weighted by molar-refractivity contribution is 5.76. The Morgan fingerprint density at radius 1 is 1.67 bits per heavy atom. The molecule has 3 heteroatoms. The van der Waals surface area contributed by atoms with Crippen molar-refractivity contribution < 1.29 is 4.79 Å². The van der Waals surface area contributed by atoms with E-state index in [9.17, 15) is 4.79 Å². The minimum Gasteiger partial charge on any atom is -0.356 e. The fourth-order valence-corrected chi connectivity index (χ4v) is 0.826. The van der Waals surface area contributed by atoms with E-state index in [0.29, 0.717) is 13.0 Å². The van der Waals surface area contributed by atoms with Gasteiger partial charge in [-0.25, -0.2) is 0 Å². The number of carbonyl (C=O) groups excluding carboxylic acids is 1. The maximum Gasteiger partial charge on any atom is 0.221 e. The van der Waals surface area contributed by atoms with E-state index >= 15 is 0 Å². The van der Waals surface area contributed by atoms with Crippen LogP contribution in [-0.2, 0) is 4.79 Å². The van der Waals surface area contributed by atoms with Gasteiger partial charge in [-0.3, -0.25) is 4.79 Å². The first kappa shape index (κ1) is 11.2. The Bertz CT molecular complexity index is 153. The van der Waals surface area contributed by atoms with Gasteiger partial charge in [0.25, 0.3) is 0 Å². The highest BCUT2D eigenvalue weighted by Gasteiger charge is 2.02. The number of allylic oxidation sites excluding steroid dienone is 1. The summed E-state index contributed by atoms with van der Waals surface area (Å²) in [5.74, 6) is 0.0366. The summed E-state index contributed by atoms with van der Waals surface area (Å²) in [7, 11) is 0. The number of carbonyl (C=O) groups is 1. The molecule has 0 saturated heterocycles. The summed E-state index contributed by atoms with van der Waals surface area (Å²) in [5, 5.41) is 2.78. The van der Waals surface area contributed by atoms with E-state index in [-0.39, 0.29) is 11.9 Å². The fraction of sp³-hybridized carbons (Fsp3) is 0.667. The maximum absolute atomic E-state index is 11.0. The first-order valence-corrected chi connectivity index (χ1v) is 4.30. The Morgan fingerprint density at radius 2 is 2.33 bits per heavy atom. The van der Waals surface area contributed by atoms with E-state index in [1.807, 2.05) is 26.0 Å². The van der Waals surface area contributed by atoms with Gasteiger partial charge in [0, 0.05) is 19.0 Å². The van der Waals surface area contributed by atoms with E-state index in [4.69, 9.17) is 5.73 Å². The standard InChI is InChI=1S/C9H18N2O/c1-3-4-5-6-11-9(12)7-8(2)10/h3-4,8H,5-7,10H2,1-2H3,(H,11,12)/b4-3+. The SMILES string of the molecule is C/C=C/CCNC(=O)CC(C)N. The van der Waals surface area contributed by atoms with Gasteiger partial charge in [-0.15, -0.1) is 0 Å². The normalized spacial score (nSPS) is 13.2. The van der Waals surface area contributed by atoms with Crippen molar-refractivity contribution in [1.82, 2.24) is 5.32 Å². The first-order chi connectivity index (χ1) is 5.66. The number of nitrogens with one attached hydrogen (secondary N) is 1. The van der Waals surface area contributed by atoms with Crippen LogP contribution in [0.25, 0.3) is 0 Å². The van der Waals surface area contributed by atoms with E-state index in [2.05, 4.69) is 5.32 Å². The average Bonchev–Trinajstić information content (AvgIpc) is 1.97. The molecular weight excluding hydrogens is 152 g/mol. The van der Waals surface area contributed by atoms with Crippen molar-refractivity contribution in [3.63, 3.8) is 0 Å². The monoisotopic (exact) mass is 170 g/mol. The third-order valence-electron chi connectivity index (χ3n) is 1.38. The van der Waals surface area contributed by atoms with Crippen molar-refractivity contribution in [2.24, 2.45) is 5.73 Å². The molecule has 3 nitrogen and oxygen atoms in total. The van der Waals surface area contributed by atoms with E-state index in [1.165, 1.54) is 0 Å². The van der Waals surface area contributed by atoms with Gasteiger partial charge in [0.2, 0.25) is 5.91 Å². The van der Waals surface area contributed by atoms with Crippen molar-refractivity contribution in [2.75, 3.05) is 6.54 Å². The van der Waals surface area contributed by atoms with Gasteiger partial charge in [0.1, 0.15) is 0 Å². The van der Waals surface area contributed by atoms with Gasteiger partial charge >= 0.3 is 0 Å². The Hall–Kier alpha value is -0.830. The first-order valence-electron chi connectivity index (χ1n) is 4.30. The molecule has 1 amide bonds. The summed E-state index contributed by atoms with van der Waals surface area (Å²) in [4.78, 5) is 11.0. The summed E-state index contributed by atoms with van der Waals surface area (Å²) in [6.07, 6.45) is 5.29. The molecule has 0 aliphatic heterocycles. The third kappa shape index (κ3) is 7.28. The Kier molecular flexibility index (Phi) is 6.38. The van der Waals surface area contributed by atoms with Crippen molar-refractivity contribution >= 4 is 5.91 Å². The van der Waals surface area contributed by atoms with Gasteiger partial charge in [0.15, 0.2) is 0 Å². The van der Waals surface area contributed by atoms with Crippen molar-refractivity contribution in [3.05, 3.63) is 12.2 Å². The predicted octanol–water partition coefficient (Wildman–Crippen LogP) is 0.806. The van der Waals surface area contributed by atoms with Crippen LogP contribution >= 0.6 is 0 Å². The lowest BCUT2D eigenvalue weighted by molar-refractivity contribution is -0.121. The van der Waals surface area contributed by atoms with Gasteiger partial charge in [-0.05, 0) is 20.3 Å². The molecule has 1 atom stereocenters. The van der Waals surface area contributed by atoms with Crippen LogP contribution in [0.5, 0.6) is 0 Å². The number of amides is 1. The molecule has 0 saturated carbocycles. The molecule has 70 valence electrons. The maximum atomic E-state index is 11.0. The molecular formula is C9H18N2O. The molecule has 0 bridgehead atoms. The minimum absolute atomic E-state index is 0.0366. The van der Waals surface area contributed by atoms with Crippen LogP contribution in [-0.4, -0.2) is 18.5 Å². The van der Waals surface area contributed by atoms with Crippen LogP contribution in [0.1, 0.15) is 26.7 Å². The molecule has 0 heterocycles. The van der Waals surface area contributed by atoms with Crippen LogP contribution in [0.2, 0.25) is 0 Å². The van der Waals surface area contributed by atoms with Gasteiger partial charge in [0.05, 0.1) is 0 Å². The second kappa shape index (κ2) is 6.85. The number of rotatable bonds is 5. The van der Waals surface area contributed by atoms with Crippen molar-refractivity contribution in [2.45, 2.75) is 32.7 Å². The smallest absolute Gasteiger partial charge is 0.221 e. The molecule has 0 radical (unpaired) electrons.